The number of carbonyl (C=O) groups excluding carboxylic acids is 1. The van der Waals surface area contributed by atoms with Gasteiger partial charge in [0, 0.05) is 31.9 Å². The maximum Gasteiger partial charge on any atom is 0.253 e. The minimum Gasteiger partial charge on any atom is -0.385 e. The van der Waals surface area contributed by atoms with Crippen molar-refractivity contribution in [1.29, 1.82) is 0 Å². The molecule has 1 aliphatic carbocycles. The van der Waals surface area contributed by atoms with Gasteiger partial charge in [0.15, 0.2) is 0 Å². The van der Waals surface area contributed by atoms with E-state index < -0.39 is 0 Å². The zero-order chi connectivity index (χ0) is 13.8. The standard InChI is InChI=1S/C16H24N2O/c1-12-8-9-14(16(19)18(2)3)10-15(12)17-11-13-6-4-5-7-13/h8-10,13,17H,4-7,11H2,1-3H3. The predicted octanol–water partition coefficient (Wildman–Crippen LogP) is 3.30. The van der Waals surface area contributed by atoms with Crippen molar-refractivity contribution in [1.82, 2.24) is 4.90 Å². The summed E-state index contributed by atoms with van der Waals surface area (Å²) in [6.45, 7) is 3.11. The summed E-state index contributed by atoms with van der Waals surface area (Å²) in [6.07, 6.45) is 5.40. The molecule has 1 saturated carbocycles. The Morgan fingerprint density at radius 3 is 2.63 bits per heavy atom. The van der Waals surface area contributed by atoms with Gasteiger partial charge in [-0.25, -0.2) is 0 Å². The van der Waals surface area contributed by atoms with Crippen LogP contribution in [0.4, 0.5) is 5.69 Å². The number of aryl methyl sites for hydroxylation is 1. The summed E-state index contributed by atoms with van der Waals surface area (Å²) < 4.78 is 0. The van der Waals surface area contributed by atoms with E-state index in [9.17, 15) is 4.79 Å². The molecule has 2 rings (SSSR count). The van der Waals surface area contributed by atoms with Crippen molar-refractivity contribution in [2.75, 3.05) is 26.0 Å². The highest BCUT2D eigenvalue weighted by Gasteiger charge is 2.15. The first kappa shape index (κ1) is 13.9. The van der Waals surface area contributed by atoms with Gasteiger partial charge in [0.2, 0.25) is 0 Å². The van der Waals surface area contributed by atoms with E-state index >= 15 is 0 Å². The first-order valence-electron chi connectivity index (χ1n) is 7.14. The van der Waals surface area contributed by atoms with Crippen molar-refractivity contribution < 1.29 is 4.79 Å². The zero-order valence-corrected chi connectivity index (χ0v) is 12.2. The summed E-state index contributed by atoms with van der Waals surface area (Å²) in [5.74, 6) is 0.858. The molecule has 104 valence electrons. The molecule has 0 unspecified atom stereocenters. The van der Waals surface area contributed by atoms with Crippen LogP contribution in [0.3, 0.4) is 0 Å². The zero-order valence-electron chi connectivity index (χ0n) is 12.2. The summed E-state index contributed by atoms with van der Waals surface area (Å²) in [5, 5.41) is 3.52. The van der Waals surface area contributed by atoms with Gasteiger partial charge < -0.3 is 10.2 Å². The Kier molecular flexibility index (Phi) is 4.46. The molecule has 1 fully saturated rings. The van der Waals surface area contributed by atoms with Crippen molar-refractivity contribution in [3.05, 3.63) is 29.3 Å². The van der Waals surface area contributed by atoms with Gasteiger partial charge in [0.25, 0.3) is 5.91 Å². The van der Waals surface area contributed by atoms with Gasteiger partial charge in [-0.1, -0.05) is 18.9 Å². The number of hydrogen-bond acceptors (Lipinski definition) is 2. The lowest BCUT2D eigenvalue weighted by Gasteiger charge is -2.16. The Hall–Kier alpha value is -1.51. The maximum atomic E-state index is 12.0. The molecule has 0 heterocycles. The molecule has 0 radical (unpaired) electrons. The average Bonchev–Trinajstić information content (AvgIpc) is 2.90. The molecule has 0 spiro atoms. The molecule has 0 aliphatic heterocycles. The van der Waals surface area contributed by atoms with E-state index in [1.165, 1.54) is 31.2 Å². The topological polar surface area (TPSA) is 32.3 Å². The Morgan fingerprint density at radius 1 is 1.32 bits per heavy atom. The van der Waals surface area contributed by atoms with Gasteiger partial charge in [-0.05, 0) is 43.4 Å². The van der Waals surface area contributed by atoms with Crippen LogP contribution in [0.1, 0.15) is 41.6 Å². The van der Waals surface area contributed by atoms with E-state index in [4.69, 9.17) is 0 Å². The van der Waals surface area contributed by atoms with Crippen molar-refractivity contribution in [3.8, 4) is 0 Å². The second-order valence-corrected chi connectivity index (χ2v) is 5.76. The lowest BCUT2D eigenvalue weighted by atomic mass is 10.1. The summed E-state index contributed by atoms with van der Waals surface area (Å²) >= 11 is 0. The third kappa shape index (κ3) is 3.49. The van der Waals surface area contributed by atoms with Gasteiger partial charge in [-0.3, -0.25) is 4.79 Å². The average molecular weight is 260 g/mol. The fourth-order valence-electron chi connectivity index (χ4n) is 2.67. The molecule has 0 atom stereocenters. The first-order valence-corrected chi connectivity index (χ1v) is 7.14. The number of amides is 1. The van der Waals surface area contributed by atoms with Gasteiger partial charge in [0.05, 0.1) is 0 Å². The summed E-state index contributed by atoms with van der Waals surface area (Å²) in [5.41, 5.74) is 3.05. The second-order valence-electron chi connectivity index (χ2n) is 5.76. The van der Waals surface area contributed by atoms with Gasteiger partial charge in [-0.2, -0.15) is 0 Å². The minimum atomic E-state index is 0.0592. The van der Waals surface area contributed by atoms with E-state index in [2.05, 4.69) is 12.2 Å². The number of nitrogens with one attached hydrogen (secondary N) is 1. The Labute approximate surface area is 116 Å². The molecule has 1 N–H and O–H groups in total. The highest BCUT2D eigenvalue weighted by atomic mass is 16.2. The third-order valence-corrected chi connectivity index (χ3v) is 3.95. The molecule has 1 aromatic carbocycles. The van der Waals surface area contributed by atoms with Crippen LogP contribution in [0.25, 0.3) is 0 Å². The Balaban J connectivity index is 2.06. The predicted molar refractivity (Wildman–Crippen MR) is 79.6 cm³/mol. The molecule has 0 aromatic heterocycles. The monoisotopic (exact) mass is 260 g/mol. The first-order chi connectivity index (χ1) is 9.08. The fourth-order valence-corrected chi connectivity index (χ4v) is 2.67. The molecule has 1 aromatic rings. The molecular formula is C16H24N2O. The van der Waals surface area contributed by atoms with Crippen LogP contribution in [0.5, 0.6) is 0 Å². The third-order valence-electron chi connectivity index (χ3n) is 3.95. The number of carbonyl (C=O) groups is 1. The van der Waals surface area contributed by atoms with Crippen molar-refractivity contribution in [3.63, 3.8) is 0 Å². The number of nitrogens with zero attached hydrogens (tertiary/aromatic N) is 1. The van der Waals surface area contributed by atoms with Crippen LogP contribution < -0.4 is 5.32 Å². The van der Waals surface area contributed by atoms with Crippen LogP contribution in [-0.2, 0) is 0 Å². The number of hydrogen-bond donors (Lipinski definition) is 1. The lowest BCUT2D eigenvalue weighted by molar-refractivity contribution is 0.0827. The van der Waals surface area contributed by atoms with Crippen LogP contribution in [-0.4, -0.2) is 31.4 Å². The smallest absolute Gasteiger partial charge is 0.253 e. The SMILES string of the molecule is Cc1ccc(C(=O)N(C)C)cc1NCC1CCCC1. The quantitative estimate of drug-likeness (QED) is 0.901. The van der Waals surface area contributed by atoms with E-state index in [0.29, 0.717) is 0 Å². The number of anilines is 1. The second kappa shape index (κ2) is 6.09. The van der Waals surface area contributed by atoms with Gasteiger partial charge in [-0.15, -0.1) is 0 Å². The van der Waals surface area contributed by atoms with E-state index in [0.717, 1.165) is 23.7 Å². The van der Waals surface area contributed by atoms with Crippen LogP contribution in [0, 0.1) is 12.8 Å². The minimum absolute atomic E-state index is 0.0592. The van der Waals surface area contributed by atoms with Crippen LogP contribution in [0.2, 0.25) is 0 Å². The molecule has 1 aliphatic rings. The molecule has 19 heavy (non-hydrogen) atoms. The molecule has 3 heteroatoms. The lowest BCUT2D eigenvalue weighted by Crippen LogP contribution is -2.22. The van der Waals surface area contributed by atoms with E-state index in [1.807, 2.05) is 18.2 Å². The van der Waals surface area contributed by atoms with Crippen molar-refractivity contribution in [2.24, 2.45) is 5.92 Å². The van der Waals surface area contributed by atoms with E-state index in [-0.39, 0.29) is 5.91 Å². The summed E-state index contributed by atoms with van der Waals surface area (Å²) in [6, 6.07) is 5.90. The number of rotatable bonds is 4. The maximum absolute atomic E-state index is 12.0. The highest BCUT2D eigenvalue weighted by molar-refractivity contribution is 5.95. The number of benzene rings is 1. The van der Waals surface area contributed by atoms with E-state index in [1.54, 1.807) is 19.0 Å². The Bertz CT molecular complexity index is 448. The van der Waals surface area contributed by atoms with Crippen LogP contribution in [0.15, 0.2) is 18.2 Å². The summed E-state index contributed by atoms with van der Waals surface area (Å²) in [7, 11) is 3.57. The largest absolute Gasteiger partial charge is 0.385 e. The van der Waals surface area contributed by atoms with Crippen molar-refractivity contribution >= 4 is 11.6 Å². The molecule has 0 bridgehead atoms. The normalized spacial score (nSPS) is 15.5. The molecule has 0 saturated heterocycles. The van der Waals surface area contributed by atoms with Gasteiger partial charge >= 0.3 is 0 Å². The van der Waals surface area contributed by atoms with Crippen LogP contribution >= 0.6 is 0 Å². The summed E-state index contributed by atoms with van der Waals surface area (Å²) in [4.78, 5) is 13.6. The highest BCUT2D eigenvalue weighted by Crippen LogP contribution is 2.26. The van der Waals surface area contributed by atoms with Gasteiger partial charge in [0.1, 0.15) is 0 Å². The molecular weight excluding hydrogens is 236 g/mol. The molecule has 1 amide bonds. The Morgan fingerprint density at radius 2 is 2.00 bits per heavy atom. The molecule has 3 nitrogen and oxygen atoms in total. The fraction of sp³-hybridized carbons (Fsp3) is 0.562. The van der Waals surface area contributed by atoms with Crippen molar-refractivity contribution in [2.45, 2.75) is 32.6 Å².